The van der Waals surface area contributed by atoms with Crippen molar-refractivity contribution in [3.05, 3.63) is 35.6 Å². The highest BCUT2D eigenvalue weighted by atomic mass is 19.1. The van der Waals surface area contributed by atoms with Crippen LogP contribution in [-0.4, -0.2) is 37.5 Å². The Labute approximate surface area is 101 Å². The summed E-state index contributed by atoms with van der Waals surface area (Å²) in [4.78, 5) is 13.9. The van der Waals surface area contributed by atoms with E-state index in [1.807, 2.05) is 11.9 Å². The number of rotatable bonds is 3. The lowest BCUT2D eigenvalue weighted by molar-refractivity contribution is 0.0787. The van der Waals surface area contributed by atoms with Gasteiger partial charge in [0.2, 0.25) is 0 Å². The van der Waals surface area contributed by atoms with Crippen molar-refractivity contribution in [1.29, 1.82) is 0 Å². The molecule has 17 heavy (non-hydrogen) atoms. The third-order valence-electron chi connectivity index (χ3n) is 3.16. The molecule has 0 saturated carbocycles. The highest BCUT2D eigenvalue weighted by Crippen LogP contribution is 2.18. The average Bonchev–Trinajstić information content (AvgIpc) is 2.78. The molecule has 1 aliphatic heterocycles. The van der Waals surface area contributed by atoms with Crippen LogP contribution in [0.25, 0.3) is 0 Å². The zero-order chi connectivity index (χ0) is 12.3. The van der Waals surface area contributed by atoms with E-state index in [0.717, 1.165) is 26.1 Å². The molecule has 1 aromatic carbocycles. The van der Waals surface area contributed by atoms with Crippen LogP contribution in [0.4, 0.5) is 4.39 Å². The van der Waals surface area contributed by atoms with Crippen LogP contribution in [0.2, 0.25) is 0 Å². The molecule has 1 aliphatic rings. The predicted octanol–water partition coefficient (Wildman–Crippen LogP) is 1.51. The van der Waals surface area contributed by atoms with Crippen LogP contribution in [0, 0.1) is 11.7 Å². The molecule has 92 valence electrons. The Bertz CT molecular complexity index is 391. The normalized spacial score (nSPS) is 19.6. The Hall–Kier alpha value is -1.42. The van der Waals surface area contributed by atoms with Crippen LogP contribution in [0.1, 0.15) is 16.8 Å². The van der Waals surface area contributed by atoms with E-state index < -0.39 is 0 Å². The molecule has 0 aliphatic carbocycles. The third kappa shape index (κ3) is 2.82. The van der Waals surface area contributed by atoms with E-state index in [2.05, 4.69) is 5.32 Å². The molecule has 0 radical (unpaired) electrons. The highest BCUT2D eigenvalue weighted by Gasteiger charge is 2.26. The smallest absolute Gasteiger partial charge is 0.253 e. The lowest BCUT2D eigenvalue weighted by atomic mass is 10.1. The molecule has 4 heteroatoms. The van der Waals surface area contributed by atoms with Gasteiger partial charge in [0.1, 0.15) is 5.82 Å². The minimum absolute atomic E-state index is 0.00334. The molecule has 1 N–H and O–H groups in total. The van der Waals surface area contributed by atoms with Gasteiger partial charge in [-0.2, -0.15) is 0 Å². The summed E-state index contributed by atoms with van der Waals surface area (Å²) in [5, 5.41) is 3.13. The van der Waals surface area contributed by atoms with Gasteiger partial charge in [-0.25, -0.2) is 4.39 Å². The summed E-state index contributed by atoms with van der Waals surface area (Å²) in [6.07, 6.45) is 1.04. The second kappa shape index (κ2) is 5.27. The molecule has 1 unspecified atom stereocenters. The molecular formula is C13H17FN2O. The van der Waals surface area contributed by atoms with E-state index in [1.165, 1.54) is 12.1 Å². The first-order chi connectivity index (χ1) is 8.20. The van der Waals surface area contributed by atoms with Gasteiger partial charge < -0.3 is 10.2 Å². The van der Waals surface area contributed by atoms with Gasteiger partial charge in [0, 0.05) is 18.7 Å². The van der Waals surface area contributed by atoms with Crippen LogP contribution in [0.5, 0.6) is 0 Å². The Balaban J connectivity index is 1.99. The Morgan fingerprint density at radius 1 is 1.47 bits per heavy atom. The molecule has 0 aromatic heterocycles. The van der Waals surface area contributed by atoms with E-state index in [1.54, 1.807) is 12.1 Å². The first-order valence-electron chi connectivity index (χ1n) is 5.90. The summed E-state index contributed by atoms with van der Waals surface area (Å²) in [7, 11) is 1.92. The van der Waals surface area contributed by atoms with Crippen molar-refractivity contribution in [3.8, 4) is 0 Å². The second-order valence-electron chi connectivity index (χ2n) is 4.47. The van der Waals surface area contributed by atoms with Gasteiger partial charge in [-0.15, -0.1) is 0 Å². The first kappa shape index (κ1) is 12.0. The van der Waals surface area contributed by atoms with Gasteiger partial charge in [-0.05, 0) is 50.2 Å². The minimum Gasteiger partial charge on any atom is -0.338 e. The van der Waals surface area contributed by atoms with Crippen LogP contribution in [0.15, 0.2) is 24.3 Å². The molecule has 2 rings (SSSR count). The molecule has 1 amide bonds. The molecular weight excluding hydrogens is 219 g/mol. The van der Waals surface area contributed by atoms with E-state index in [0.29, 0.717) is 11.5 Å². The number of benzene rings is 1. The SMILES string of the molecule is CNCC1CCN(C(=O)c2ccc(F)cc2)C1. The molecule has 3 nitrogen and oxygen atoms in total. The van der Waals surface area contributed by atoms with Gasteiger partial charge in [0.05, 0.1) is 0 Å². The number of amides is 1. The summed E-state index contributed by atoms with van der Waals surface area (Å²) < 4.78 is 12.8. The Kier molecular flexibility index (Phi) is 3.74. The maximum atomic E-state index is 12.8. The van der Waals surface area contributed by atoms with Crippen molar-refractivity contribution in [2.45, 2.75) is 6.42 Å². The van der Waals surface area contributed by atoms with Gasteiger partial charge in [0.25, 0.3) is 5.91 Å². The predicted molar refractivity (Wildman–Crippen MR) is 64.3 cm³/mol. The number of likely N-dealkylation sites (tertiary alicyclic amines) is 1. The molecule has 1 aromatic rings. The third-order valence-corrected chi connectivity index (χ3v) is 3.16. The van der Waals surface area contributed by atoms with Crippen molar-refractivity contribution in [2.24, 2.45) is 5.92 Å². The number of hydrogen-bond acceptors (Lipinski definition) is 2. The molecule has 1 fully saturated rings. The fraction of sp³-hybridized carbons (Fsp3) is 0.462. The zero-order valence-electron chi connectivity index (χ0n) is 9.95. The monoisotopic (exact) mass is 236 g/mol. The topological polar surface area (TPSA) is 32.3 Å². The summed E-state index contributed by atoms with van der Waals surface area (Å²) in [5.41, 5.74) is 0.566. The largest absolute Gasteiger partial charge is 0.338 e. The van der Waals surface area contributed by atoms with E-state index in [9.17, 15) is 9.18 Å². The lowest BCUT2D eigenvalue weighted by Gasteiger charge is -2.16. The molecule has 1 atom stereocenters. The standard InChI is InChI=1S/C13H17FN2O/c1-15-8-10-6-7-16(9-10)13(17)11-2-4-12(14)5-3-11/h2-5,10,15H,6-9H2,1H3. The number of nitrogens with one attached hydrogen (secondary N) is 1. The number of carbonyl (C=O) groups is 1. The number of carbonyl (C=O) groups excluding carboxylic acids is 1. The maximum absolute atomic E-state index is 12.8. The number of halogens is 1. The highest BCUT2D eigenvalue weighted by molar-refractivity contribution is 5.94. The van der Waals surface area contributed by atoms with Crippen LogP contribution >= 0.6 is 0 Å². The average molecular weight is 236 g/mol. The van der Waals surface area contributed by atoms with Gasteiger partial charge in [-0.3, -0.25) is 4.79 Å². The quantitative estimate of drug-likeness (QED) is 0.862. The van der Waals surface area contributed by atoms with Crippen LogP contribution < -0.4 is 5.32 Å². The fourth-order valence-electron chi connectivity index (χ4n) is 2.25. The van der Waals surface area contributed by atoms with Crippen molar-refractivity contribution in [1.82, 2.24) is 10.2 Å². The summed E-state index contributed by atoms with van der Waals surface area (Å²) >= 11 is 0. The van der Waals surface area contributed by atoms with Gasteiger partial charge in [-0.1, -0.05) is 0 Å². The van der Waals surface area contributed by atoms with E-state index in [4.69, 9.17) is 0 Å². The van der Waals surface area contributed by atoms with E-state index >= 15 is 0 Å². The van der Waals surface area contributed by atoms with Gasteiger partial charge in [0.15, 0.2) is 0 Å². The summed E-state index contributed by atoms with van der Waals surface area (Å²) in [6.45, 7) is 2.52. The summed E-state index contributed by atoms with van der Waals surface area (Å²) in [6, 6.07) is 5.74. The second-order valence-corrected chi connectivity index (χ2v) is 4.47. The maximum Gasteiger partial charge on any atom is 0.253 e. The van der Waals surface area contributed by atoms with Gasteiger partial charge >= 0.3 is 0 Å². The van der Waals surface area contributed by atoms with Crippen LogP contribution in [-0.2, 0) is 0 Å². The lowest BCUT2D eigenvalue weighted by Crippen LogP contribution is -2.30. The minimum atomic E-state index is -0.309. The molecule has 0 spiro atoms. The first-order valence-corrected chi connectivity index (χ1v) is 5.90. The molecule has 0 bridgehead atoms. The van der Waals surface area contributed by atoms with Crippen LogP contribution in [0.3, 0.4) is 0 Å². The van der Waals surface area contributed by atoms with E-state index in [-0.39, 0.29) is 11.7 Å². The fourth-order valence-corrected chi connectivity index (χ4v) is 2.25. The summed E-state index contributed by atoms with van der Waals surface area (Å²) in [5.74, 6) is 0.226. The molecule has 1 saturated heterocycles. The number of nitrogens with zero attached hydrogens (tertiary/aromatic N) is 1. The Morgan fingerprint density at radius 2 is 2.18 bits per heavy atom. The molecule has 1 heterocycles. The van der Waals surface area contributed by atoms with Crippen molar-refractivity contribution in [2.75, 3.05) is 26.7 Å². The zero-order valence-corrected chi connectivity index (χ0v) is 9.95. The van der Waals surface area contributed by atoms with Crippen molar-refractivity contribution in [3.63, 3.8) is 0 Å². The number of hydrogen-bond donors (Lipinski definition) is 1. The van der Waals surface area contributed by atoms with Crippen molar-refractivity contribution < 1.29 is 9.18 Å². The Morgan fingerprint density at radius 3 is 2.82 bits per heavy atom. The van der Waals surface area contributed by atoms with Crippen molar-refractivity contribution >= 4 is 5.91 Å².